The van der Waals surface area contributed by atoms with Crippen LogP contribution in [-0.4, -0.2) is 16.6 Å². The third-order valence-electron chi connectivity index (χ3n) is 3.22. The van der Waals surface area contributed by atoms with Crippen molar-refractivity contribution < 1.29 is 14.1 Å². The van der Waals surface area contributed by atoms with Gasteiger partial charge in [0.05, 0.1) is 21.4 Å². The fourth-order valence-corrected chi connectivity index (χ4v) is 2.99. The summed E-state index contributed by atoms with van der Waals surface area (Å²) >= 11 is 7.19. The Bertz CT molecular complexity index is 773. The van der Waals surface area contributed by atoms with Crippen LogP contribution in [0.2, 0.25) is 5.02 Å². The first kappa shape index (κ1) is 18.2. The fourth-order valence-electron chi connectivity index (χ4n) is 1.97. The summed E-state index contributed by atoms with van der Waals surface area (Å²) in [5.74, 6) is -0.630. The van der Waals surface area contributed by atoms with E-state index in [2.05, 4.69) is 5.32 Å². The van der Waals surface area contributed by atoms with Crippen LogP contribution in [0.3, 0.4) is 0 Å². The van der Waals surface area contributed by atoms with Crippen molar-refractivity contribution in [3.8, 4) is 0 Å². The molecular formula is C16H14ClFN2O3S. The number of nitrogens with zero attached hydrogens (tertiary/aromatic N) is 1. The van der Waals surface area contributed by atoms with Crippen molar-refractivity contribution in [1.29, 1.82) is 0 Å². The molecule has 1 atom stereocenters. The molecule has 5 nitrogen and oxygen atoms in total. The van der Waals surface area contributed by atoms with Gasteiger partial charge in [-0.2, -0.15) is 0 Å². The summed E-state index contributed by atoms with van der Waals surface area (Å²) in [6, 6.07) is 10.0. The van der Waals surface area contributed by atoms with Crippen LogP contribution in [-0.2, 0) is 4.79 Å². The summed E-state index contributed by atoms with van der Waals surface area (Å²) in [7, 11) is 0. The Kier molecular flexibility index (Phi) is 6.16. The maximum Gasteiger partial charge on any atom is 0.269 e. The van der Waals surface area contributed by atoms with Crippen LogP contribution in [0.4, 0.5) is 15.8 Å². The van der Waals surface area contributed by atoms with E-state index in [1.54, 1.807) is 12.1 Å². The lowest BCUT2D eigenvalue weighted by atomic mass is 10.1. The molecule has 8 heteroatoms. The van der Waals surface area contributed by atoms with Gasteiger partial charge in [-0.15, -0.1) is 11.8 Å². The molecule has 0 radical (unpaired) electrons. The average Bonchev–Trinajstić information content (AvgIpc) is 2.55. The van der Waals surface area contributed by atoms with Gasteiger partial charge in [0, 0.05) is 17.4 Å². The molecule has 0 aliphatic carbocycles. The summed E-state index contributed by atoms with van der Waals surface area (Å²) in [5.41, 5.74) is 1.12. The lowest BCUT2D eigenvalue weighted by Crippen LogP contribution is -2.15. The van der Waals surface area contributed by atoms with Gasteiger partial charge in [0.15, 0.2) is 0 Å². The topological polar surface area (TPSA) is 72.2 Å². The molecule has 1 amide bonds. The minimum Gasteiger partial charge on any atom is -0.324 e. The van der Waals surface area contributed by atoms with Gasteiger partial charge in [-0.1, -0.05) is 23.7 Å². The van der Waals surface area contributed by atoms with Gasteiger partial charge in [0.25, 0.3) is 5.69 Å². The Hall–Kier alpha value is -2.12. The molecule has 0 heterocycles. The van der Waals surface area contributed by atoms with E-state index in [4.69, 9.17) is 11.6 Å². The molecule has 0 aromatic heterocycles. The molecule has 24 heavy (non-hydrogen) atoms. The average molecular weight is 369 g/mol. The predicted molar refractivity (Wildman–Crippen MR) is 94.0 cm³/mol. The summed E-state index contributed by atoms with van der Waals surface area (Å²) in [5, 5.41) is 13.4. The summed E-state index contributed by atoms with van der Waals surface area (Å²) in [6.07, 6.45) is 0. The van der Waals surface area contributed by atoms with Crippen molar-refractivity contribution in [2.24, 2.45) is 0 Å². The minimum atomic E-state index is -0.480. The van der Waals surface area contributed by atoms with Gasteiger partial charge in [-0.25, -0.2) is 4.39 Å². The lowest BCUT2D eigenvalue weighted by Gasteiger charge is -2.12. The molecule has 0 spiro atoms. The number of nitro groups is 1. The quantitative estimate of drug-likeness (QED) is 0.586. The van der Waals surface area contributed by atoms with Crippen LogP contribution in [0.5, 0.6) is 0 Å². The van der Waals surface area contributed by atoms with Crippen molar-refractivity contribution in [3.63, 3.8) is 0 Å². The number of anilines is 1. The molecule has 0 aliphatic rings. The van der Waals surface area contributed by atoms with Crippen LogP contribution in [0.15, 0.2) is 42.5 Å². The monoisotopic (exact) mass is 368 g/mol. The molecule has 1 N–H and O–H groups in total. The standard InChI is InChI=1S/C16H14ClFN2O3S/c1-10(11-3-2-4-13(7-11)20(22)23)24-9-16(21)19-15-6-5-12(18)8-14(15)17/h2-8,10H,9H2,1H3,(H,19,21)/t10-/m1/s1. The second-order valence-electron chi connectivity index (χ2n) is 4.98. The van der Waals surface area contributed by atoms with Gasteiger partial charge in [0.1, 0.15) is 5.82 Å². The van der Waals surface area contributed by atoms with Crippen LogP contribution >= 0.6 is 23.4 Å². The van der Waals surface area contributed by atoms with Crippen molar-refractivity contribution in [2.45, 2.75) is 12.2 Å². The van der Waals surface area contributed by atoms with Crippen molar-refractivity contribution in [3.05, 3.63) is 69.0 Å². The molecule has 2 aromatic carbocycles. The first-order valence-corrected chi connectivity index (χ1v) is 8.40. The summed E-state index contributed by atoms with van der Waals surface area (Å²) in [4.78, 5) is 22.3. The number of hydrogen-bond donors (Lipinski definition) is 1. The number of thioether (sulfide) groups is 1. The maximum atomic E-state index is 13.0. The zero-order valence-corrected chi connectivity index (χ0v) is 14.2. The number of non-ortho nitro benzene ring substituents is 1. The number of rotatable bonds is 6. The van der Waals surface area contributed by atoms with E-state index in [1.165, 1.54) is 36.0 Å². The van der Waals surface area contributed by atoms with Crippen LogP contribution in [0.1, 0.15) is 17.7 Å². The van der Waals surface area contributed by atoms with E-state index in [0.717, 1.165) is 11.6 Å². The zero-order chi connectivity index (χ0) is 17.7. The Morgan fingerprint density at radius 3 is 2.79 bits per heavy atom. The summed E-state index contributed by atoms with van der Waals surface area (Å²) < 4.78 is 13.0. The van der Waals surface area contributed by atoms with E-state index < -0.39 is 10.7 Å². The van der Waals surface area contributed by atoms with E-state index in [9.17, 15) is 19.3 Å². The third-order valence-corrected chi connectivity index (χ3v) is 4.73. The van der Waals surface area contributed by atoms with Crippen LogP contribution < -0.4 is 5.32 Å². The number of hydrogen-bond acceptors (Lipinski definition) is 4. The highest BCUT2D eigenvalue weighted by molar-refractivity contribution is 8.00. The maximum absolute atomic E-state index is 13.0. The molecule has 0 fully saturated rings. The van der Waals surface area contributed by atoms with E-state index in [0.29, 0.717) is 5.69 Å². The lowest BCUT2D eigenvalue weighted by molar-refractivity contribution is -0.384. The normalized spacial score (nSPS) is 11.8. The molecule has 0 saturated heterocycles. The number of halogens is 2. The van der Waals surface area contributed by atoms with E-state index in [1.807, 2.05) is 6.92 Å². The largest absolute Gasteiger partial charge is 0.324 e. The van der Waals surface area contributed by atoms with Gasteiger partial charge in [-0.05, 0) is 30.7 Å². The highest BCUT2D eigenvalue weighted by Gasteiger charge is 2.14. The molecule has 0 aliphatic heterocycles. The number of carbonyl (C=O) groups is 1. The number of amides is 1. The smallest absolute Gasteiger partial charge is 0.269 e. The van der Waals surface area contributed by atoms with E-state index in [-0.39, 0.29) is 27.6 Å². The SMILES string of the molecule is C[C@@H](SCC(=O)Nc1ccc(F)cc1Cl)c1cccc([N+](=O)[O-])c1. The van der Waals surface area contributed by atoms with Crippen molar-refractivity contribution >= 4 is 40.6 Å². The number of benzene rings is 2. The molecule has 0 saturated carbocycles. The highest BCUT2D eigenvalue weighted by Crippen LogP contribution is 2.30. The molecule has 0 bridgehead atoms. The molecule has 126 valence electrons. The van der Waals surface area contributed by atoms with Crippen molar-refractivity contribution in [1.82, 2.24) is 0 Å². The highest BCUT2D eigenvalue weighted by atomic mass is 35.5. The summed E-state index contributed by atoms with van der Waals surface area (Å²) in [6.45, 7) is 1.86. The zero-order valence-electron chi connectivity index (χ0n) is 12.7. The Labute approximate surface area is 147 Å². The minimum absolute atomic E-state index is 0.0162. The molecule has 2 rings (SSSR count). The Morgan fingerprint density at radius 1 is 1.38 bits per heavy atom. The first-order chi connectivity index (χ1) is 11.4. The Morgan fingerprint density at radius 2 is 2.12 bits per heavy atom. The molecule has 0 unspecified atom stereocenters. The van der Waals surface area contributed by atoms with Gasteiger partial charge in [-0.3, -0.25) is 14.9 Å². The van der Waals surface area contributed by atoms with E-state index >= 15 is 0 Å². The van der Waals surface area contributed by atoms with Crippen LogP contribution in [0, 0.1) is 15.9 Å². The third kappa shape index (κ3) is 4.94. The van der Waals surface area contributed by atoms with Crippen LogP contribution in [0.25, 0.3) is 0 Å². The molecule has 2 aromatic rings. The second kappa shape index (κ2) is 8.12. The first-order valence-electron chi connectivity index (χ1n) is 6.97. The predicted octanol–water partition coefficient (Wildman–Crippen LogP) is 4.82. The number of nitro benzene ring substituents is 1. The number of nitrogens with one attached hydrogen (secondary N) is 1. The van der Waals surface area contributed by atoms with Gasteiger partial charge >= 0.3 is 0 Å². The van der Waals surface area contributed by atoms with Gasteiger partial charge in [0.2, 0.25) is 5.91 Å². The van der Waals surface area contributed by atoms with Gasteiger partial charge < -0.3 is 5.32 Å². The van der Waals surface area contributed by atoms with Crippen molar-refractivity contribution in [2.75, 3.05) is 11.1 Å². The Balaban J connectivity index is 1.93. The second-order valence-corrected chi connectivity index (χ2v) is 6.71. The fraction of sp³-hybridized carbons (Fsp3) is 0.188. The molecular weight excluding hydrogens is 355 g/mol. The number of carbonyl (C=O) groups excluding carboxylic acids is 1.